The summed E-state index contributed by atoms with van der Waals surface area (Å²) in [4.78, 5) is 2.23. The molecule has 0 aliphatic rings. The predicted octanol–water partition coefficient (Wildman–Crippen LogP) is 4.50. The normalized spacial score (nSPS) is 10.9. The highest BCUT2D eigenvalue weighted by Gasteiger charge is 2.00. The quantitative estimate of drug-likeness (QED) is 0.775. The lowest BCUT2D eigenvalue weighted by Gasteiger charge is -2.10. The standard InChI is InChI=1S/C17H20ClN/c1-19(2)12-4-6-14-5-3-7-16(13-14)15-8-10-17(18)11-9-15/h3,5,7-11,13H,4,6,12H2,1-2H3. The smallest absolute Gasteiger partial charge is 0.0406 e. The summed E-state index contributed by atoms with van der Waals surface area (Å²) in [5.41, 5.74) is 3.88. The maximum absolute atomic E-state index is 5.92. The number of hydrogen-bond acceptors (Lipinski definition) is 1. The van der Waals surface area contributed by atoms with Crippen LogP contribution in [0, 0.1) is 0 Å². The first kappa shape index (κ1) is 14.1. The second-order valence-corrected chi connectivity index (χ2v) is 5.55. The molecule has 19 heavy (non-hydrogen) atoms. The molecule has 2 rings (SSSR count). The van der Waals surface area contributed by atoms with Crippen LogP contribution in [0.15, 0.2) is 48.5 Å². The van der Waals surface area contributed by atoms with Gasteiger partial charge in [0, 0.05) is 5.02 Å². The summed E-state index contributed by atoms with van der Waals surface area (Å²) < 4.78 is 0. The van der Waals surface area contributed by atoms with Crippen molar-refractivity contribution in [1.29, 1.82) is 0 Å². The second kappa shape index (κ2) is 6.74. The molecular formula is C17H20ClN. The summed E-state index contributed by atoms with van der Waals surface area (Å²) >= 11 is 5.92. The van der Waals surface area contributed by atoms with E-state index in [1.165, 1.54) is 23.1 Å². The van der Waals surface area contributed by atoms with Gasteiger partial charge in [-0.15, -0.1) is 0 Å². The Kier molecular flexibility index (Phi) is 5.00. The molecule has 0 bridgehead atoms. The second-order valence-electron chi connectivity index (χ2n) is 5.11. The molecule has 1 nitrogen and oxygen atoms in total. The summed E-state index contributed by atoms with van der Waals surface area (Å²) in [5.74, 6) is 0. The minimum atomic E-state index is 0.783. The molecule has 0 radical (unpaired) electrons. The van der Waals surface area contributed by atoms with E-state index in [0.29, 0.717) is 0 Å². The van der Waals surface area contributed by atoms with Gasteiger partial charge in [0.25, 0.3) is 0 Å². The van der Waals surface area contributed by atoms with Crippen molar-refractivity contribution in [2.75, 3.05) is 20.6 Å². The molecule has 2 aromatic rings. The van der Waals surface area contributed by atoms with Crippen molar-refractivity contribution in [1.82, 2.24) is 4.90 Å². The summed E-state index contributed by atoms with van der Waals surface area (Å²) in [6, 6.07) is 16.8. The number of rotatable bonds is 5. The highest BCUT2D eigenvalue weighted by atomic mass is 35.5. The Morgan fingerprint density at radius 1 is 0.947 bits per heavy atom. The van der Waals surface area contributed by atoms with Crippen molar-refractivity contribution in [2.45, 2.75) is 12.8 Å². The van der Waals surface area contributed by atoms with E-state index in [4.69, 9.17) is 11.6 Å². The molecule has 0 fully saturated rings. The van der Waals surface area contributed by atoms with Crippen LogP contribution in [0.2, 0.25) is 5.02 Å². The fourth-order valence-electron chi connectivity index (χ4n) is 2.15. The van der Waals surface area contributed by atoms with Gasteiger partial charge in [-0.05, 0) is 62.3 Å². The molecule has 2 heteroatoms. The molecule has 0 heterocycles. The summed E-state index contributed by atoms with van der Waals surface area (Å²) in [5, 5.41) is 0.783. The Labute approximate surface area is 120 Å². The number of halogens is 1. The monoisotopic (exact) mass is 273 g/mol. The van der Waals surface area contributed by atoms with E-state index in [1.807, 2.05) is 12.1 Å². The summed E-state index contributed by atoms with van der Waals surface area (Å²) in [7, 11) is 4.23. The van der Waals surface area contributed by atoms with E-state index in [-0.39, 0.29) is 0 Å². The lowest BCUT2D eigenvalue weighted by Crippen LogP contribution is -2.13. The van der Waals surface area contributed by atoms with Crippen LogP contribution < -0.4 is 0 Å². The van der Waals surface area contributed by atoms with Crippen molar-refractivity contribution in [3.05, 3.63) is 59.1 Å². The van der Waals surface area contributed by atoms with Gasteiger partial charge in [0.2, 0.25) is 0 Å². The van der Waals surface area contributed by atoms with Gasteiger partial charge < -0.3 is 4.90 Å². The van der Waals surface area contributed by atoms with Crippen molar-refractivity contribution < 1.29 is 0 Å². The molecule has 0 unspecified atom stereocenters. The van der Waals surface area contributed by atoms with Crippen LogP contribution >= 0.6 is 11.6 Å². The molecule has 0 saturated carbocycles. The lowest BCUT2D eigenvalue weighted by atomic mass is 10.0. The highest BCUT2D eigenvalue weighted by Crippen LogP contribution is 2.22. The van der Waals surface area contributed by atoms with Crippen LogP contribution in [-0.4, -0.2) is 25.5 Å². The van der Waals surface area contributed by atoms with Crippen LogP contribution in [0.1, 0.15) is 12.0 Å². The Morgan fingerprint density at radius 3 is 2.37 bits per heavy atom. The van der Waals surface area contributed by atoms with Crippen molar-refractivity contribution in [3.8, 4) is 11.1 Å². The molecule has 0 aromatic heterocycles. The molecule has 0 aliphatic heterocycles. The number of benzene rings is 2. The van der Waals surface area contributed by atoms with Gasteiger partial charge in [-0.1, -0.05) is 48.0 Å². The van der Waals surface area contributed by atoms with Crippen molar-refractivity contribution in [3.63, 3.8) is 0 Å². The van der Waals surface area contributed by atoms with Gasteiger partial charge in [-0.2, -0.15) is 0 Å². The molecule has 0 amide bonds. The third-order valence-corrected chi connectivity index (χ3v) is 3.43. The molecule has 0 spiro atoms. The third kappa shape index (κ3) is 4.38. The number of nitrogens with zero attached hydrogens (tertiary/aromatic N) is 1. The van der Waals surface area contributed by atoms with Crippen LogP contribution in [0.3, 0.4) is 0 Å². The average molecular weight is 274 g/mol. The molecule has 0 atom stereocenters. The Morgan fingerprint density at radius 2 is 1.68 bits per heavy atom. The van der Waals surface area contributed by atoms with E-state index in [9.17, 15) is 0 Å². The van der Waals surface area contributed by atoms with Gasteiger partial charge >= 0.3 is 0 Å². The lowest BCUT2D eigenvalue weighted by molar-refractivity contribution is 0.400. The predicted molar refractivity (Wildman–Crippen MR) is 83.8 cm³/mol. The minimum Gasteiger partial charge on any atom is -0.309 e. The molecule has 0 N–H and O–H groups in total. The SMILES string of the molecule is CN(C)CCCc1cccc(-c2ccc(Cl)cc2)c1. The maximum Gasteiger partial charge on any atom is 0.0406 e. The van der Waals surface area contributed by atoms with Gasteiger partial charge in [0.1, 0.15) is 0 Å². The average Bonchev–Trinajstić information content (AvgIpc) is 2.39. The van der Waals surface area contributed by atoms with E-state index in [0.717, 1.165) is 18.0 Å². The third-order valence-electron chi connectivity index (χ3n) is 3.18. The maximum atomic E-state index is 5.92. The topological polar surface area (TPSA) is 3.24 Å². The minimum absolute atomic E-state index is 0.783. The van der Waals surface area contributed by atoms with E-state index < -0.39 is 0 Å². The molecule has 0 aliphatic carbocycles. The Bertz CT molecular complexity index is 517. The van der Waals surface area contributed by atoms with Crippen LogP contribution in [0.4, 0.5) is 0 Å². The molecular weight excluding hydrogens is 254 g/mol. The van der Waals surface area contributed by atoms with Gasteiger partial charge in [-0.3, -0.25) is 0 Å². The van der Waals surface area contributed by atoms with Crippen molar-refractivity contribution in [2.24, 2.45) is 0 Å². The van der Waals surface area contributed by atoms with Crippen LogP contribution in [0.25, 0.3) is 11.1 Å². The summed E-state index contributed by atoms with van der Waals surface area (Å²) in [6.07, 6.45) is 2.32. The van der Waals surface area contributed by atoms with Crippen LogP contribution in [0.5, 0.6) is 0 Å². The van der Waals surface area contributed by atoms with Gasteiger partial charge in [-0.25, -0.2) is 0 Å². The highest BCUT2D eigenvalue weighted by molar-refractivity contribution is 6.30. The zero-order chi connectivity index (χ0) is 13.7. The Balaban J connectivity index is 2.08. The van der Waals surface area contributed by atoms with E-state index >= 15 is 0 Å². The van der Waals surface area contributed by atoms with Gasteiger partial charge in [0.05, 0.1) is 0 Å². The largest absolute Gasteiger partial charge is 0.309 e. The Hall–Kier alpha value is -1.31. The number of hydrogen-bond donors (Lipinski definition) is 0. The fraction of sp³-hybridized carbons (Fsp3) is 0.294. The zero-order valence-electron chi connectivity index (χ0n) is 11.6. The number of aryl methyl sites for hydroxylation is 1. The summed E-state index contributed by atoms with van der Waals surface area (Å²) in [6.45, 7) is 1.13. The fourth-order valence-corrected chi connectivity index (χ4v) is 2.27. The molecule has 0 saturated heterocycles. The molecule has 100 valence electrons. The van der Waals surface area contributed by atoms with Crippen molar-refractivity contribution >= 4 is 11.6 Å². The first-order valence-corrected chi connectivity index (χ1v) is 7.02. The van der Waals surface area contributed by atoms with E-state index in [2.05, 4.69) is 55.4 Å². The zero-order valence-corrected chi connectivity index (χ0v) is 12.3. The first-order chi connectivity index (χ1) is 9.15. The van der Waals surface area contributed by atoms with Crippen LogP contribution in [-0.2, 0) is 6.42 Å². The van der Waals surface area contributed by atoms with E-state index in [1.54, 1.807) is 0 Å². The first-order valence-electron chi connectivity index (χ1n) is 6.65. The molecule has 2 aromatic carbocycles. The van der Waals surface area contributed by atoms with Gasteiger partial charge in [0.15, 0.2) is 0 Å².